The van der Waals surface area contributed by atoms with Gasteiger partial charge >= 0.3 is 0 Å². The minimum Gasteiger partial charge on any atom is -0.385 e. The predicted octanol–water partition coefficient (Wildman–Crippen LogP) is 2.41. The molecule has 1 amide bonds. The van der Waals surface area contributed by atoms with Gasteiger partial charge in [-0.1, -0.05) is 25.4 Å². The SMILES string of the molecule is COCCC(C)NC(=O)c1nc(C(C)C)ncc1Cl. The van der Waals surface area contributed by atoms with Gasteiger partial charge in [0.1, 0.15) is 11.5 Å². The van der Waals surface area contributed by atoms with E-state index >= 15 is 0 Å². The minimum atomic E-state index is -0.280. The van der Waals surface area contributed by atoms with Crippen molar-refractivity contribution in [2.75, 3.05) is 13.7 Å². The third-order valence-corrected chi connectivity index (χ3v) is 2.90. The molecule has 1 rings (SSSR count). The number of methoxy groups -OCH3 is 1. The maximum absolute atomic E-state index is 12.1. The highest BCUT2D eigenvalue weighted by molar-refractivity contribution is 6.33. The monoisotopic (exact) mass is 285 g/mol. The minimum absolute atomic E-state index is 0.000909. The average Bonchev–Trinajstić information content (AvgIpc) is 2.36. The van der Waals surface area contributed by atoms with Gasteiger partial charge in [0.15, 0.2) is 0 Å². The zero-order chi connectivity index (χ0) is 14.4. The van der Waals surface area contributed by atoms with Gasteiger partial charge in [0.2, 0.25) is 0 Å². The van der Waals surface area contributed by atoms with Crippen LogP contribution in [-0.4, -0.2) is 35.6 Å². The van der Waals surface area contributed by atoms with Crippen LogP contribution >= 0.6 is 11.6 Å². The molecule has 5 nitrogen and oxygen atoms in total. The molecule has 0 aliphatic heterocycles. The summed E-state index contributed by atoms with van der Waals surface area (Å²) >= 11 is 5.97. The Morgan fingerprint density at radius 1 is 1.47 bits per heavy atom. The predicted molar refractivity (Wildman–Crippen MR) is 74.6 cm³/mol. The third kappa shape index (κ3) is 4.76. The van der Waals surface area contributed by atoms with Crippen molar-refractivity contribution in [1.82, 2.24) is 15.3 Å². The Bertz CT molecular complexity index is 438. The summed E-state index contributed by atoms with van der Waals surface area (Å²) in [6.45, 7) is 6.43. The number of halogens is 1. The summed E-state index contributed by atoms with van der Waals surface area (Å²) in [7, 11) is 1.63. The van der Waals surface area contributed by atoms with E-state index in [0.29, 0.717) is 12.4 Å². The van der Waals surface area contributed by atoms with E-state index < -0.39 is 0 Å². The fourth-order valence-corrected chi connectivity index (χ4v) is 1.65. The summed E-state index contributed by atoms with van der Waals surface area (Å²) in [6, 6.07) is 0.000909. The Balaban J connectivity index is 2.78. The number of carbonyl (C=O) groups excluding carboxylic acids is 1. The summed E-state index contributed by atoms with van der Waals surface area (Å²) in [5.74, 6) is 0.478. The van der Waals surface area contributed by atoms with Gasteiger partial charge in [-0.25, -0.2) is 9.97 Å². The summed E-state index contributed by atoms with van der Waals surface area (Å²) in [4.78, 5) is 20.4. The van der Waals surface area contributed by atoms with Crippen LogP contribution in [0.25, 0.3) is 0 Å². The van der Waals surface area contributed by atoms with Crippen molar-refractivity contribution in [3.63, 3.8) is 0 Å². The van der Waals surface area contributed by atoms with Crippen molar-refractivity contribution in [3.05, 3.63) is 22.7 Å². The maximum Gasteiger partial charge on any atom is 0.271 e. The molecule has 0 aromatic carbocycles. The molecule has 1 aromatic rings. The standard InChI is InChI=1S/C13H20ClN3O2/c1-8(2)12-15-7-10(14)11(17-12)13(18)16-9(3)5-6-19-4/h7-9H,5-6H2,1-4H3,(H,16,18). The van der Waals surface area contributed by atoms with Crippen LogP contribution in [0.3, 0.4) is 0 Å². The first-order chi connectivity index (χ1) is 8.95. The summed E-state index contributed by atoms with van der Waals surface area (Å²) in [5, 5.41) is 3.11. The van der Waals surface area contributed by atoms with Crippen LogP contribution in [0.15, 0.2) is 6.20 Å². The highest BCUT2D eigenvalue weighted by Crippen LogP contribution is 2.16. The molecule has 1 atom stereocenters. The molecule has 19 heavy (non-hydrogen) atoms. The maximum atomic E-state index is 12.1. The summed E-state index contributed by atoms with van der Waals surface area (Å²) < 4.78 is 4.97. The Hall–Kier alpha value is -1.20. The average molecular weight is 286 g/mol. The van der Waals surface area contributed by atoms with Crippen molar-refractivity contribution >= 4 is 17.5 Å². The summed E-state index contributed by atoms with van der Waals surface area (Å²) in [5.41, 5.74) is 0.227. The van der Waals surface area contributed by atoms with Crippen LogP contribution < -0.4 is 5.32 Å². The van der Waals surface area contributed by atoms with Gasteiger partial charge in [0, 0.05) is 25.7 Å². The Labute approximate surface area is 118 Å². The normalized spacial score (nSPS) is 12.5. The summed E-state index contributed by atoms with van der Waals surface area (Å²) in [6.07, 6.45) is 2.21. The Morgan fingerprint density at radius 3 is 2.74 bits per heavy atom. The van der Waals surface area contributed by atoms with E-state index in [0.717, 1.165) is 6.42 Å². The highest BCUT2D eigenvalue weighted by atomic mass is 35.5. The fourth-order valence-electron chi connectivity index (χ4n) is 1.48. The number of rotatable bonds is 6. The molecule has 1 unspecified atom stereocenters. The Morgan fingerprint density at radius 2 is 2.16 bits per heavy atom. The molecule has 0 spiro atoms. The molecule has 0 saturated carbocycles. The van der Waals surface area contributed by atoms with Gasteiger partial charge in [0.25, 0.3) is 5.91 Å². The van der Waals surface area contributed by atoms with Crippen molar-refractivity contribution < 1.29 is 9.53 Å². The lowest BCUT2D eigenvalue weighted by molar-refractivity contribution is 0.0924. The largest absolute Gasteiger partial charge is 0.385 e. The third-order valence-electron chi connectivity index (χ3n) is 2.63. The van der Waals surface area contributed by atoms with Gasteiger partial charge in [0.05, 0.1) is 11.2 Å². The molecular weight excluding hydrogens is 266 g/mol. The number of ether oxygens (including phenoxy) is 1. The molecule has 0 saturated heterocycles. The smallest absolute Gasteiger partial charge is 0.271 e. The van der Waals surface area contributed by atoms with E-state index in [1.165, 1.54) is 6.20 Å². The van der Waals surface area contributed by atoms with Crippen LogP contribution in [0.5, 0.6) is 0 Å². The second kappa shape index (κ2) is 7.40. The fraction of sp³-hybridized carbons (Fsp3) is 0.615. The zero-order valence-corrected chi connectivity index (χ0v) is 12.5. The lowest BCUT2D eigenvalue weighted by atomic mass is 10.2. The number of hydrogen-bond donors (Lipinski definition) is 1. The van der Waals surface area contributed by atoms with E-state index in [1.807, 2.05) is 20.8 Å². The lowest BCUT2D eigenvalue weighted by Crippen LogP contribution is -2.34. The molecule has 6 heteroatoms. The molecule has 106 valence electrons. The van der Waals surface area contributed by atoms with Crippen molar-refractivity contribution in [2.45, 2.75) is 39.2 Å². The first-order valence-corrected chi connectivity index (χ1v) is 6.65. The number of amides is 1. The van der Waals surface area contributed by atoms with Crippen LogP contribution in [0.1, 0.15) is 49.4 Å². The second-order valence-corrected chi connectivity index (χ2v) is 5.14. The number of carbonyl (C=O) groups is 1. The molecule has 0 bridgehead atoms. The van der Waals surface area contributed by atoms with E-state index in [-0.39, 0.29) is 28.6 Å². The first kappa shape index (κ1) is 15.9. The molecule has 0 radical (unpaired) electrons. The van der Waals surface area contributed by atoms with Gasteiger partial charge in [-0.15, -0.1) is 0 Å². The Kier molecular flexibility index (Phi) is 6.18. The van der Waals surface area contributed by atoms with Gasteiger partial charge in [-0.05, 0) is 13.3 Å². The highest BCUT2D eigenvalue weighted by Gasteiger charge is 2.17. The lowest BCUT2D eigenvalue weighted by Gasteiger charge is -2.14. The molecule has 1 heterocycles. The van der Waals surface area contributed by atoms with Crippen LogP contribution in [-0.2, 0) is 4.74 Å². The van der Waals surface area contributed by atoms with Gasteiger partial charge in [-0.2, -0.15) is 0 Å². The van der Waals surface area contributed by atoms with Crippen LogP contribution in [0, 0.1) is 0 Å². The van der Waals surface area contributed by atoms with Gasteiger partial charge in [-0.3, -0.25) is 4.79 Å². The molecular formula is C13H20ClN3O2. The molecule has 0 aliphatic carbocycles. The number of hydrogen-bond acceptors (Lipinski definition) is 4. The van der Waals surface area contributed by atoms with E-state index in [2.05, 4.69) is 15.3 Å². The van der Waals surface area contributed by atoms with Gasteiger partial charge < -0.3 is 10.1 Å². The van der Waals surface area contributed by atoms with E-state index in [9.17, 15) is 4.79 Å². The van der Waals surface area contributed by atoms with E-state index in [4.69, 9.17) is 16.3 Å². The molecule has 0 fully saturated rings. The number of nitrogens with one attached hydrogen (secondary N) is 1. The molecule has 1 aromatic heterocycles. The quantitative estimate of drug-likeness (QED) is 0.872. The van der Waals surface area contributed by atoms with Crippen LogP contribution in [0.4, 0.5) is 0 Å². The van der Waals surface area contributed by atoms with Crippen molar-refractivity contribution in [1.29, 1.82) is 0 Å². The van der Waals surface area contributed by atoms with Crippen LogP contribution in [0.2, 0.25) is 5.02 Å². The number of nitrogens with zero attached hydrogens (tertiary/aromatic N) is 2. The van der Waals surface area contributed by atoms with Crippen molar-refractivity contribution in [2.24, 2.45) is 0 Å². The zero-order valence-electron chi connectivity index (χ0n) is 11.7. The molecule has 0 aliphatic rings. The second-order valence-electron chi connectivity index (χ2n) is 4.74. The van der Waals surface area contributed by atoms with Crippen molar-refractivity contribution in [3.8, 4) is 0 Å². The first-order valence-electron chi connectivity index (χ1n) is 6.28. The topological polar surface area (TPSA) is 64.1 Å². The number of aromatic nitrogens is 2. The molecule has 1 N–H and O–H groups in total. The van der Waals surface area contributed by atoms with E-state index in [1.54, 1.807) is 7.11 Å².